The summed E-state index contributed by atoms with van der Waals surface area (Å²) in [5.74, 6) is -0.0643. The van der Waals surface area contributed by atoms with Crippen LogP contribution in [0.25, 0.3) is 11.3 Å². The Morgan fingerprint density at radius 3 is 2.74 bits per heavy atom. The number of likely N-dealkylation sites (tertiary alicyclic amines) is 1. The Balaban J connectivity index is 1.52. The van der Waals surface area contributed by atoms with Gasteiger partial charge >= 0.3 is 0 Å². The van der Waals surface area contributed by atoms with Crippen LogP contribution < -0.4 is 5.56 Å². The molecular weight excluding hydrogens is 344 g/mol. The molecule has 0 radical (unpaired) electrons. The number of carbonyl (C=O) groups is 1. The van der Waals surface area contributed by atoms with Gasteiger partial charge in [-0.3, -0.25) is 9.59 Å². The van der Waals surface area contributed by atoms with Crippen LogP contribution in [0.1, 0.15) is 28.8 Å². The fraction of sp³-hybridized carbons (Fsp3) is 0.429. The monoisotopic (exact) mass is 368 g/mol. The average molecular weight is 368 g/mol. The van der Waals surface area contributed by atoms with E-state index in [1.807, 2.05) is 31.2 Å². The molecule has 0 bridgehead atoms. The Morgan fingerprint density at radius 1 is 1.19 bits per heavy atom. The number of aromatic nitrogens is 1. The number of hydrogen-bond donors (Lipinski definition) is 1. The van der Waals surface area contributed by atoms with Gasteiger partial charge in [0, 0.05) is 24.7 Å². The summed E-state index contributed by atoms with van der Waals surface area (Å²) in [6, 6.07) is 11.3. The van der Waals surface area contributed by atoms with Crippen molar-refractivity contribution in [2.24, 2.45) is 5.92 Å². The van der Waals surface area contributed by atoms with Crippen LogP contribution in [-0.4, -0.2) is 48.4 Å². The van der Waals surface area contributed by atoms with Crippen LogP contribution in [0.15, 0.2) is 41.2 Å². The molecule has 142 valence electrons. The van der Waals surface area contributed by atoms with E-state index in [-0.39, 0.29) is 29.2 Å². The van der Waals surface area contributed by atoms with Crippen LogP contribution in [0.4, 0.5) is 0 Å². The SMILES string of the molecule is Cc1cccc(-c2ccc(C(=O)N3CCCC(C4OCCO4)C3)c(=O)[nH]2)c1. The number of nitrogens with zero attached hydrogens (tertiary/aromatic N) is 1. The first-order chi connectivity index (χ1) is 13.1. The number of hydrogen-bond acceptors (Lipinski definition) is 4. The number of aryl methyl sites for hydroxylation is 1. The zero-order chi connectivity index (χ0) is 18.8. The summed E-state index contributed by atoms with van der Waals surface area (Å²) in [5, 5.41) is 0. The highest BCUT2D eigenvalue weighted by Gasteiger charge is 2.33. The summed E-state index contributed by atoms with van der Waals surface area (Å²) >= 11 is 0. The first kappa shape index (κ1) is 17.9. The molecule has 2 aliphatic heterocycles. The van der Waals surface area contributed by atoms with Gasteiger partial charge in [-0.1, -0.05) is 23.8 Å². The lowest BCUT2D eigenvalue weighted by atomic mass is 9.96. The molecule has 1 N–H and O–H groups in total. The summed E-state index contributed by atoms with van der Waals surface area (Å²) in [7, 11) is 0. The summed E-state index contributed by atoms with van der Waals surface area (Å²) in [6.07, 6.45) is 1.62. The topological polar surface area (TPSA) is 71.6 Å². The molecule has 1 aromatic carbocycles. The molecule has 0 aliphatic carbocycles. The van der Waals surface area contributed by atoms with Crippen LogP contribution in [-0.2, 0) is 9.47 Å². The third-order valence-electron chi connectivity index (χ3n) is 5.25. The van der Waals surface area contributed by atoms with E-state index in [4.69, 9.17) is 9.47 Å². The zero-order valence-electron chi connectivity index (χ0n) is 15.4. The number of rotatable bonds is 3. The van der Waals surface area contributed by atoms with Crippen molar-refractivity contribution in [3.63, 3.8) is 0 Å². The van der Waals surface area contributed by atoms with E-state index in [0.29, 0.717) is 32.0 Å². The largest absolute Gasteiger partial charge is 0.350 e. The molecule has 2 aliphatic rings. The Hall–Kier alpha value is -2.44. The average Bonchev–Trinajstić information content (AvgIpc) is 3.22. The van der Waals surface area contributed by atoms with E-state index in [2.05, 4.69) is 4.98 Å². The molecule has 2 aromatic rings. The number of benzene rings is 1. The highest BCUT2D eigenvalue weighted by Crippen LogP contribution is 2.25. The fourth-order valence-electron chi connectivity index (χ4n) is 3.86. The van der Waals surface area contributed by atoms with Crippen molar-refractivity contribution in [3.05, 3.63) is 57.9 Å². The summed E-state index contributed by atoms with van der Waals surface area (Å²) < 4.78 is 11.2. The molecule has 1 unspecified atom stereocenters. The lowest BCUT2D eigenvalue weighted by Gasteiger charge is -2.34. The number of nitrogens with one attached hydrogen (secondary N) is 1. The lowest BCUT2D eigenvalue weighted by Crippen LogP contribution is -2.45. The smallest absolute Gasteiger partial charge is 0.261 e. The predicted molar refractivity (Wildman–Crippen MR) is 102 cm³/mol. The molecule has 1 amide bonds. The van der Waals surface area contributed by atoms with Crippen LogP contribution in [0.5, 0.6) is 0 Å². The first-order valence-corrected chi connectivity index (χ1v) is 9.44. The number of H-pyrrole nitrogens is 1. The molecule has 2 saturated heterocycles. The van der Waals surface area contributed by atoms with E-state index < -0.39 is 0 Å². The van der Waals surface area contributed by atoms with Crippen molar-refractivity contribution in [3.8, 4) is 11.3 Å². The molecule has 6 nitrogen and oxygen atoms in total. The Morgan fingerprint density at radius 2 is 2.00 bits per heavy atom. The number of ether oxygens (including phenoxy) is 2. The van der Waals surface area contributed by atoms with E-state index in [1.165, 1.54) is 0 Å². The molecule has 1 atom stereocenters. The van der Waals surface area contributed by atoms with E-state index >= 15 is 0 Å². The number of aromatic amines is 1. The minimum absolute atomic E-state index is 0.163. The van der Waals surface area contributed by atoms with Gasteiger partial charge in [0.25, 0.3) is 11.5 Å². The lowest BCUT2D eigenvalue weighted by molar-refractivity contribution is -0.0969. The van der Waals surface area contributed by atoms with Gasteiger partial charge in [0.2, 0.25) is 0 Å². The molecule has 0 spiro atoms. The van der Waals surface area contributed by atoms with E-state index in [9.17, 15) is 9.59 Å². The third kappa shape index (κ3) is 3.82. The van der Waals surface area contributed by atoms with Gasteiger partial charge in [0.1, 0.15) is 5.56 Å². The van der Waals surface area contributed by atoms with Crippen LogP contribution in [0.3, 0.4) is 0 Å². The first-order valence-electron chi connectivity index (χ1n) is 9.44. The normalized spacial score (nSPS) is 20.8. The zero-order valence-corrected chi connectivity index (χ0v) is 15.4. The standard InChI is InChI=1S/C21H24N2O4/c1-14-4-2-5-15(12-14)18-8-7-17(19(24)22-18)20(25)23-9-3-6-16(13-23)21-26-10-11-27-21/h2,4-5,7-8,12,16,21H,3,6,9-11,13H2,1H3,(H,22,24). The highest BCUT2D eigenvalue weighted by molar-refractivity contribution is 5.94. The van der Waals surface area contributed by atoms with Crippen LogP contribution in [0.2, 0.25) is 0 Å². The van der Waals surface area contributed by atoms with Crippen LogP contribution in [0, 0.1) is 12.8 Å². The molecule has 1 aromatic heterocycles. The minimum atomic E-state index is -0.352. The Labute approximate surface area is 158 Å². The second-order valence-corrected chi connectivity index (χ2v) is 7.25. The van der Waals surface area contributed by atoms with Gasteiger partial charge in [-0.15, -0.1) is 0 Å². The minimum Gasteiger partial charge on any atom is -0.350 e. The van der Waals surface area contributed by atoms with Gasteiger partial charge in [-0.2, -0.15) is 0 Å². The Bertz CT molecular complexity index is 886. The molecular formula is C21H24N2O4. The maximum Gasteiger partial charge on any atom is 0.261 e. The summed E-state index contributed by atoms with van der Waals surface area (Å²) in [6.45, 7) is 4.43. The van der Waals surface area contributed by atoms with Gasteiger partial charge in [0.15, 0.2) is 6.29 Å². The van der Waals surface area contributed by atoms with Crippen molar-refractivity contribution in [1.29, 1.82) is 0 Å². The quantitative estimate of drug-likeness (QED) is 0.904. The van der Waals surface area contributed by atoms with Gasteiger partial charge in [0.05, 0.1) is 13.2 Å². The van der Waals surface area contributed by atoms with Crippen LogP contribution >= 0.6 is 0 Å². The van der Waals surface area contributed by atoms with E-state index in [1.54, 1.807) is 17.0 Å². The molecule has 3 heterocycles. The predicted octanol–water partition coefficient (Wildman–Crippen LogP) is 2.58. The highest BCUT2D eigenvalue weighted by atomic mass is 16.7. The Kier molecular flexibility index (Phi) is 5.09. The van der Waals surface area contributed by atoms with Gasteiger partial charge in [-0.25, -0.2) is 0 Å². The fourth-order valence-corrected chi connectivity index (χ4v) is 3.86. The van der Waals surface area contributed by atoms with Crippen molar-refractivity contribution < 1.29 is 14.3 Å². The number of amides is 1. The molecule has 2 fully saturated rings. The summed E-state index contributed by atoms with van der Waals surface area (Å²) in [5.41, 5.74) is 2.59. The van der Waals surface area contributed by atoms with Crippen molar-refractivity contribution in [1.82, 2.24) is 9.88 Å². The maximum atomic E-state index is 12.9. The summed E-state index contributed by atoms with van der Waals surface area (Å²) in [4.78, 5) is 30.1. The van der Waals surface area contributed by atoms with Crippen molar-refractivity contribution in [2.75, 3.05) is 26.3 Å². The third-order valence-corrected chi connectivity index (χ3v) is 5.25. The van der Waals surface area contributed by atoms with E-state index in [0.717, 1.165) is 24.0 Å². The molecule has 0 saturated carbocycles. The number of piperidine rings is 1. The van der Waals surface area contributed by atoms with Gasteiger partial charge < -0.3 is 19.4 Å². The number of pyridine rings is 1. The molecule has 4 rings (SSSR count). The van der Waals surface area contributed by atoms with Crippen molar-refractivity contribution >= 4 is 5.91 Å². The van der Waals surface area contributed by atoms with Crippen molar-refractivity contribution in [2.45, 2.75) is 26.1 Å². The van der Waals surface area contributed by atoms with Gasteiger partial charge in [-0.05, 0) is 43.5 Å². The number of carbonyl (C=O) groups excluding carboxylic acids is 1. The second kappa shape index (κ2) is 7.66. The maximum absolute atomic E-state index is 12.9. The molecule has 6 heteroatoms. The second-order valence-electron chi connectivity index (χ2n) is 7.25. The molecule has 27 heavy (non-hydrogen) atoms.